The minimum absolute atomic E-state index is 0.618. The standard InChI is InChI=1S/C6H9N3/c1-5-2-3-9-4-7-8-6(5)9/h4-5H,2-3H2,1H3/t5-/m1/s1. The zero-order valence-corrected chi connectivity index (χ0v) is 5.41. The van der Waals surface area contributed by atoms with Gasteiger partial charge in [-0.3, -0.25) is 0 Å². The van der Waals surface area contributed by atoms with Gasteiger partial charge in [-0.25, -0.2) is 0 Å². The molecule has 0 amide bonds. The van der Waals surface area contributed by atoms with Gasteiger partial charge in [0.1, 0.15) is 12.2 Å². The molecule has 0 bridgehead atoms. The Labute approximate surface area is 53.7 Å². The van der Waals surface area contributed by atoms with Crippen molar-refractivity contribution in [3.05, 3.63) is 12.2 Å². The van der Waals surface area contributed by atoms with Gasteiger partial charge in [-0.05, 0) is 6.42 Å². The van der Waals surface area contributed by atoms with E-state index < -0.39 is 0 Å². The van der Waals surface area contributed by atoms with E-state index in [1.165, 1.54) is 6.42 Å². The lowest BCUT2D eigenvalue weighted by Crippen LogP contribution is -1.90. The molecule has 0 aliphatic carbocycles. The van der Waals surface area contributed by atoms with Crippen molar-refractivity contribution in [1.82, 2.24) is 14.8 Å². The van der Waals surface area contributed by atoms with Crippen molar-refractivity contribution in [1.29, 1.82) is 0 Å². The molecule has 0 aromatic carbocycles. The fourth-order valence-electron chi connectivity index (χ4n) is 1.28. The molecule has 48 valence electrons. The third-order valence-electron chi connectivity index (χ3n) is 1.89. The molecular weight excluding hydrogens is 114 g/mol. The quantitative estimate of drug-likeness (QED) is 0.510. The van der Waals surface area contributed by atoms with Crippen molar-refractivity contribution < 1.29 is 0 Å². The number of fused-ring (bicyclic) bond motifs is 1. The molecule has 2 rings (SSSR count). The van der Waals surface area contributed by atoms with Crippen molar-refractivity contribution in [2.75, 3.05) is 0 Å². The van der Waals surface area contributed by atoms with E-state index in [-0.39, 0.29) is 0 Å². The predicted molar refractivity (Wildman–Crippen MR) is 33.1 cm³/mol. The molecule has 0 N–H and O–H groups in total. The first-order valence-electron chi connectivity index (χ1n) is 3.25. The smallest absolute Gasteiger partial charge is 0.135 e. The molecule has 0 fully saturated rings. The lowest BCUT2D eigenvalue weighted by atomic mass is 10.1. The van der Waals surface area contributed by atoms with Crippen LogP contribution in [0.15, 0.2) is 6.33 Å². The molecule has 3 heteroatoms. The summed E-state index contributed by atoms with van der Waals surface area (Å²) in [5.41, 5.74) is 0. The normalized spacial score (nSPS) is 24.3. The Bertz CT molecular complexity index is 216. The van der Waals surface area contributed by atoms with Gasteiger partial charge in [-0.1, -0.05) is 6.92 Å². The Morgan fingerprint density at radius 3 is 3.44 bits per heavy atom. The molecule has 3 nitrogen and oxygen atoms in total. The second kappa shape index (κ2) is 1.56. The van der Waals surface area contributed by atoms with Crippen LogP contribution >= 0.6 is 0 Å². The van der Waals surface area contributed by atoms with Crippen molar-refractivity contribution in [2.45, 2.75) is 25.8 Å². The van der Waals surface area contributed by atoms with E-state index in [1.807, 2.05) is 0 Å². The summed E-state index contributed by atoms with van der Waals surface area (Å²) in [4.78, 5) is 0. The highest BCUT2D eigenvalue weighted by molar-refractivity contribution is 4.99. The van der Waals surface area contributed by atoms with Crippen molar-refractivity contribution >= 4 is 0 Å². The number of aryl methyl sites for hydroxylation is 1. The molecule has 0 unspecified atom stereocenters. The number of rotatable bonds is 0. The monoisotopic (exact) mass is 123 g/mol. The van der Waals surface area contributed by atoms with Crippen LogP contribution in [-0.4, -0.2) is 14.8 Å². The van der Waals surface area contributed by atoms with Gasteiger partial charge in [0, 0.05) is 12.5 Å². The van der Waals surface area contributed by atoms with Crippen LogP contribution < -0.4 is 0 Å². The number of hydrogen-bond acceptors (Lipinski definition) is 2. The van der Waals surface area contributed by atoms with E-state index in [0.29, 0.717) is 5.92 Å². The third kappa shape index (κ3) is 0.573. The van der Waals surface area contributed by atoms with Gasteiger partial charge < -0.3 is 4.57 Å². The zero-order valence-electron chi connectivity index (χ0n) is 5.41. The zero-order chi connectivity index (χ0) is 6.27. The van der Waals surface area contributed by atoms with Gasteiger partial charge in [-0.15, -0.1) is 10.2 Å². The third-order valence-corrected chi connectivity index (χ3v) is 1.89. The molecule has 1 aromatic rings. The number of aromatic nitrogens is 3. The first-order chi connectivity index (χ1) is 4.38. The number of hydrogen-bond donors (Lipinski definition) is 0. The summed E-state index contributed by atoms with van der Waals surface area (Å²) in [5.74, 6) is 1.77. The molecule has 1 aliphatic rings. The molecule has 1 atom stereocenters. The van der Waals surface area contributed by atoms with Crippen molar-refractivity contribution in [3.8, 4) is 0 Å². The first kappa shape index (κ1) is 4.97. The van der Waals surface area contributed by atoms with E-state index in [4.69, 9.17) is 0 Å². The Hall–Kier alpha value is -0.860. The van der Waals surface area contributed by atoms with Crippen LogP contribution in [0.5, 0.6) is 0 Å². The van der Waals surface area contributed by atoms with Gasteiger partial charge >= 0.3 is 0 Å². The van der Waals surface area contributed by atoms with E-state index >= 15 is 0 Å². The highest BCUT2D eigenvalue weighted by atomic mass is 15.3. The fraction of sp³-hybridized carbons (Fsp3) is 0.667. The van der Waals surface area contributed by atoms with Gasteiger partial charge in [0.25, 0.3) is 0 Å². The highest BCUT2D eigenvalue weighted by Gasteiger charge is 2.19. The molecule has 1 aliphatic heterocycles. The Morgan fingerprint density at radius 2 is 2.67 bits per heavy atom. The molecule has 0 saturated heterocycles. The second-order valence-corrected chi connectivity index (χ2v) is 2.57. The van der Waals surface area contributed by atoms with Crippen LogP contribution in [0.2, 0.25) is 0 Å². The largest absolute Gasteiger partial charge is 0.317 e. The molecule has 0 radical (unpaired) electrons. The average Bonchev–Trinajstić information content (AvgIpc) is 2.35. The van der Waals surface area contributed by atoms with Crippen LogP contribution in [-0.2, 0) is 6.54 Å². The second-order valence-electron chi connectivity index (χ2n) is 2.57. The molecular formula is C6H9N3. The van der Waals surface area contributed by atoms with Crippen LogP contribution in [0.25, 0.3) is 0 Å². The lowest BCUT2D eigenvalue weighted by Gasteiger charge is -1.92. The maximum Gasteiger partial charge on any atom is 0.135 e. The summed E-state index contributed by atoms with van der Waals surface area (Å²) in [6.45, 7) is 3.29. The maximum absolute atomic E-state index is 3.99. The minimum atomic E-state index is 0.618. The van der Waals surface area contributed by atoms with Gasteiger partial charge in [0.2, 0.25) is 0 Å². The molecule has 2 heterocycles. The maximum atomic E-state index is 3.99. The van der Waals surface area contributed by atoms with Crippen LogP contribution in [0, 0.1) is 0 Å². The minimum Gasteiger partial charge on any atom is -0.317 e. The van der Waals surface area contributed by atoms with Crippen LogP contribution in [0.3, 0.4) is 0 Å². The summed E-state index contributed by atoms with van der Waals surface area (Å²) in [6.07, 6.45) is 3.03. The molecule has 1 aromatic heterocycles. The van der Waals surface area contributed by atoms with E-state index in [0.717, 1.165) is 12.4 Å². The predicted octanol–water partition coefficient (Wildman–Crippen LogP) is 0.785. The summed E-state index contributed by atoms with van der Waals surface area (Å²) in [7, 11) is 0. The topological polar surface area (TPSA) is 30.7 Å². The summed E-state index contributed by atoms with van der Waals surface area (Å²) in [6, 6.07) is 0. The van der Waals surface area contributed by atoms with Crippen molar-refractivity contribution in [2.24, 2.45) is 0 Å². The van der Waals surface area contributed by atoms with Crippen molar-refractivity contribution in [3.63, 3.8) is 0 Å². The molecule has 0 spiro atoms. The summed E-state index contributed by atoms with van der Waals surface area (Å²) in [5, 5.41) is 7.80. The van der Waals surface area contributed by atoms with Gasteiger partial charge in [0.15, 0.2) is 0 Å². The highest BCUT2D eigenvalue weighted by Crippen LogP contribution is 2.23. The first-order valence-corrected chi connectivity index (χ1v) is 3.25. The van der Waals surface area contributed by atoms with E-state index in [9.17, 15) is 0 Å². The van der Waals surface area contributed by atoms with Gasteiger partial charge in [0.05, 0.1) is 0 Å². The summed E-state index contributed by atoms with van der Waals surface area (Å²) >= 11 is 0. The Kier molecular flexibility index (Phi) is 0.860. The molecule has 0 saturated carbocycles. The fourth-order valence-corrected chi connectivity index (χ4v) is 1.28. The summed E-state index contributed by atoms with van der Waals surface area (Å²) < 4.78 is 2.12. The van der Waals surface area contributed by atoms with E-state index in [2.05, 4.69) is 21.7 Å². The Balaban J connectivity index is 2.49. The molecule has 9 heavy (non-hydrogen) atoms. The van der Waals surface area contributed by atoms with Crippen LogP contribution in [0.1, 0.15) is 25.1 Å². The lowest BCUT2D eigenvalue weighted by molar-refractivity contribution is 0.687. The number of nitrogens with zero attached hydrogens (tertiary/aromatic N) is 3. The average molecular weight is 123 g/mol. The van der Waals surface area contributed by atoms with Gasteiger partial charge in [-0.2, -0.15) is 0 Å². The SMILES string of the molecule is C[C@@H]1CCn2cnnc21. The Morgan fingerprint density at radius 1 is 1.78 bits per heavy atom. The van der Waals surface area contributed by atoms with Crippen LogP contribution in [0.4, 0.5) is 0 Å². The van der Waals surface area contributed by atoms with E-state index in [1.54, 1.807) is 6.33 Å².